The fraction of sp³-hybridized carbons (Fsp3) is 0.400. The molecule has 0 aliphatic rings. The van der Waals surface area contributed by atoms with Crippen LogP contribution in [0.1, 0.15) is 31.4 Å². The molecule has 0 saturated heterocycles. The van der Waals surface area contributed by atoms with E-state index in [2.05, 4.69) is 0 Å². The van der Waals surface area contributed by atoms with Gasteiger partial charge in [-0.3, -0.25) is 0 Å². The van der Waals surface area contributed by atoms with Crippen molar-refractivity contribution in [2.24, 2.45) is 0 Å². The van der Waals surface area contributed by atoms with Gasteiger partial charge < -0.3 is 14.6 Å². The van der Waals surface area contributed by atoms with Crippen molar-refractivity contribution in [1.29, 1.82) is 0 Å². The van der Waals surface area contributed by atoms with Gasteiger partial charge >= 0.3 is 0 Å². The van der Waals surface area contributed by atoms with Crippen molar-refractivity contribution < 1.29 is 14.6 Å². The Morgan fingerprint density at radius 2 is 1.43 bits per heavy atom. The van der Waals surface area contributed by atoms with Crippen LogP contribution < -0.4 is 0 Å². The van der Waals surface area contributed by atoms with Crippen LogP contribution in [0.2, 0.25) is 0 Å². The molecule has 23 heavy (non-hydrogen) atoms. The second-order valence-electron chi connectivity index (χ2n) is 6.00. The third-order valence-corrected chi connectivity index (χ3v) is 4.08. The molecule has 2 atom stereocenters. The van der Waals surface area contributed by atoms with Gasteiger partial charge in [-0.05, 0) is 24.5 Å². The van der Waals surface area contributed by atoms with Crippen molar-refractivity contribution in [3.8, 4) is 0 Å². The molecule has 0 radical (unpaired) electrons. The van der Waals surface area contributed by atoms with Gasteiger partial charge in [-0.15, -0.1) is 0 Å². The molecule has 3 nitrogen and oxygen atoms in total. The highest BCUT2D eigenvalue weighted by Gasteiger charge is 2.31. The van der Waals surface area contributed by atoms with E-state index < -0.39 is 5.60 Å². The van der Waals surface area contributed by atoms with Gasteiger partial charge in [0.1, 0.15) is 6.10 Å². The summed E-state index contributed by atoms with van der Waals surface area (Å²) in [6.45, 7) is 5.11. The van der Waals surface area contributed by atoms with Gasteiger partial charge in [-0.25, -0.2) is 0 Å². The van der Waals surface area contributed by atoms with Crippen molar-refractivity contribution >= 4 is 0 Å². The largest absolute Gasteiger partial charge is 0.387 e. The predicted octanol–water partition coefficient (Wildman–Crippen LogP) is 3.95. The maximum Gasteiger partial charge on any atom is 0.110 e. The first-order valence-corrected chi connectivity index (χ1v) is 8.11. The quantitative estimate of drug-likeness (QED) is 0.761. The highest BCUT2D eigenvalue weighted by molar-refractivity contribution is 5.14. The van der Waals surface area contributed by atoms with E-state index in [-0.39, 0.29) is 6.10 Å². The van der Waals surface area contributed by atoms with Crippen LogP contribution in [0.15, 0.2) is 60.7 Å². The molecule has 0 aliphatic heterocycles. The summed E-state index contributed by atoms with van der Waals surface area (Å²) in [5.41, 5.74) is 1.30. The van der Waals surface area contributed by atoms with Crippen LogP contribution >= 0.6 is 0 Å². The molecular formula is C20H26O3. The summed E-state index contributed by atoms with van der Waals surface area (Å²) in [6, 6.07) is 20.0. The summed E-state index contributed by atoms with van der Waals surface area (Å²) in [5.74, 6) is 0. The first-order valence-electron chi connectivity index (χ1n) is 8.11. The number of hydrogen-bond donors (Lipinski definition) is 1. The Morgan fingerprint density at radius 1 is 0.913 bits per heavy atom. The lowest BCUT2D eigenvalue weighted by Crippen LogP contribution is -2.43. The molecule has 0 aliphatic carbocycles. The fourth-order valence-corrected chi connectivity index (χ4v) is 2.26. The molecule has 0 bridgehead atoms. The highest BCUT2D eigenvalue weighted by Crippen LogP contribution is 2.20. The molecule has 0 aromatic heterocycles. The zero-order chi connectivity index (χ0) is 16.5. The molecule has 0 spiro atoms. The number of hydrogen-bond acceptors (Lipinski definition) is 3. The topological polar surface area (TPSA) is 38.7 Å². The van der Waals surface area contributed by atoms with Gasteiger partial charge in [-0.2, -0.15) is 0 Å². The summed E-state index contributed by atoms with van der Waals surface area (Å²) in [5, 5.41) is 10.6. The molecule has 1 N–H and O–H groups in total. The van der Waals surface area contributed by atoms with E-state index in [4.69, 9.17) is 9.47 Å². The summed E-state index contributed by atoms with van der Waals surface area (Å²) >= 11 is 0. The maximum atomic E-state index is 10.6. The summed E-state index contributed by atoms with van der Waals surface area (Å²) in [7, 11) is 0. The predicted molar refractivity (Wildman–Crippen MR) is 92.0 cm³/mol. The van der Waals surface area contributed by atoms with E-state index in [1.165, 1.54) is 0 Å². The Bertz CT molecular complexity index is 552. The van der Waals surface area contributed by atoms with Gasteiger partial charge in [0.25, 0.3) is 0 Å². The van der Waals surface area contributed by atoms with Gasteiger partial charge in [0.2, 0.25) is 0 Å². The Balaban J connectivity index is 1.89. The fourth-order valence-electron chi connectivity index (χ4n) is 2.26. The number of benzene rings is 2. The van der Waals surface area contributed by atoms with Gasteiger partial charge in [0, 0.05) is 0 Å². The van der Waals surface area contributed by atoms with Crippen LogP contribution in [0.4, 0.5) is 0 Å². The molecule has 0 unspecified atom stereocenters. The van der Waals surface area contributed by atoms with E-state index >= 15 is 0 Å². The lowest BCUT2D eigenvalue weighted by molar-refractivity contribution is -0.137. The number of rotatable bonds is 9. The molecule has 3 heteroatoms. The zero-order valence-electron chi connectivity index (χ0n) is 13.9. The van der Waals surface area contributed by atoms with Crippen LogP contribution in [0.3, 0.4) is 0 Å². The summed E-state index contributed by atoms with van der Waals surface area (Å²) in [4.78, 5) is 0. The lowest BCUT2D eigenvalue weighted by atomic mass is 9.96. The van der Waals surface area contributed by atoms with Crippen molar-refractivity contribution in [2.45, 2.75) is 45.2 Å². The summed E-state index contributed by atoms with van der Waals surface area (Å²) in [6.07, 6.45) is 0.248. The van der Waals surface area contributed by atoms with Crippen molar-refractivity contribution in [2.75, 3.05) is 6.61 Å². The van der Waals surface area contributed by atoms with E-state index in [9.17, 15) is 5.11 Å². The smallest absolute Gasteiger partial charge is 0.110 e. The monoisotopic (exact) mass is 314 g/mol. The standard InChI is InChI=1S/C20H26O3/c1-3-20(2,21)19(23-15-18-12-8-5-9-13-18)16-22-14-17-10-6-4-7-11-17/h4-13,19,21H,3,14-16H2,1-2H3/t19-,20-/m0/s1. The van der Waals surface area contributed by atoms with Gasteiger partial charge in [0.15, 0.2) is 0 Å². The van der Waals surface area contributed by atoms with E-state index in [1.54, 1.807) is 6.92 Å². The van der Waals surface area contributed by atoms with E-state index in [1.807, 2.05) is 67.6 Å². The molecule has 0 saturated carbocycles. The van der Waals surface area contributed by atoms with Gasteiger partial charge in [0.05, 0.1) is 25.4 Å². The number of aliphatic hydroxyl groups is 1. The Hall–Kier alpha value is -1.68. The second kappa shape index (κ2) is 8.82. The third kappa shape index (κ3) is 5.79. The van der Waals surface area contributed by atoms with E-state index in [0.29, 0.717) is 26.2 Å². The molecule has 0 heterocycles. The van der Waals surface area contributed by atoms with Crippen molar-refractivity contribution in [3.05, 3.63) is 71.8 Å². The third-order valence-electron chi connectivity index (χ3n) is 4.08. The van der Waals surface area contributed by atoms with Crippen molar-refractivity contribution in [1.82, 2.24) is 0 Å². The van der Waals surface area contributed by atoms with Crippen LogP contribution in [-0.2, 0) is 22.7 Å². The molecule has 2 aromatic rings. The average Bonchev–Trinajstić information content (AvgIpc) is 2.59. The Kier molecular flexibility index (Phi) is 6.78. The number of ether oxygens (including phenoxy) is 2. The Labute approximate surface area is 138 Å². The highest BCUT2D eigenvalue weighted by atomic mass is 16.5. The van der Waals surface area contributed by atoms with Crippen LogP contribution in [0.25, 0.3) is 0 Å². The summed E-state index contributed by atoms with van der Waals surface area (Å²) < 4.78 is 11.7. The first-order chi connectivity index (χ1) is 11.1. The normalized spacial score (nSPS) is 15.1. The first kappa shape index (κ1) is 17.7. The van der Waals surface area contributed by atoms with Gasteiger partial charge in [-0.1, -0.05) is 67.6 Å². The van der Waals surface area contributed by atoms with Crippen molar-refractivity contribution in [3.63, 3.8) is 0 Å². The molecular weight excluding hydrogens is 288 g/mol. The maximum absolute atomic E-state index is 10.6. The van der Waals surface area contributed by atoms with Crippen LogP contribution in [-0.4, -0.2) is 23.4 Å². The molecule has 0 amide bonds. The minimum Gasteiger partial charge on any atom is -0.387 e. The Morgan fingerprint density at radius 3 is 1.96 bits per heavy atom. The SMILES string of the molecule is CC[C@](C)(O)[C@H](COCc1ccccc1)OCc1ccccc1. The zero-order valence-corrected chi connectivity index (χ0v) is 13.9. The molecule has 0 fully saturated rings. The van der Waals surface area contributed by atoms with Crippen LogP contribution in [0.5, 0.6) is 0 Å². The molecule has 2 rings (SSSR count). The average molecular weight is 314 g/mol. The van der Waals surface area contributed by atoms with E-state index in [0.717, 1.165) is 11.1 Å². The molecule has 124 valence electrons. The molecule has 2 aromatic carbocycles. The second-order valence-corrected chi connectivity index (χ2v) is 6.00. The minimum atomic E-state index is -0.911. The minimum absolute atomic E-state index is 0.364. The lowest BCUT2D eigenvalue weighted by Gasteiger charge is -2.32. The van der Waals surface area contributed by atoms with Crippen LogP contribution in [0, 0.1) is 0 Å².